The van der Waals surface area contributed by atoms with Crippen LogP contribution in [0, 0.1) is 0 Å². The van der Waals surface area contributed by atoms with Gasteiger partial charge in [-0.2, -0.15) is 0 Å². The minimum Gasteiger partial charge on any atom is -0.497 e. The summed E-state index contributed by atoms with van der Waals surface area (Å²) in [6, 6.07) is 16.4. The average Bonchev–Trinajstić information content (AvgIpc) is 2.61. The molecule has 0 spiro atoms. The van der Waals surface area contributed by atoms with Crippen LogP contribution in [0.3, 0.4) is 0 Å². The molecule has 1 N–H and O–H groups in total. The monoisotopic (exact) mass is 367 g/mol. The van der Waals surface area contributed by atoms with E-state index >= 15 is 0 Å². The summed E-state index contributed by atoms with van der Waals surface area (Å²) in [7, 11) is 0.0543. The van der Waals surface area contributed by atoms with E-state index in [2.05, 4.69) is 0 Å². The lowest BCUT2D eigenvalue weighted by Gasteiger charge is -2.25. The molecule has 27 heavy (non-hydrogen) atoms. The first-order valence-corrected chi connectivity index (χ1v) is 8.40. The Morgan fingerprint density at radius 2 is 1.48 bits per heavy atom. The van der Waals surface area contributed by atoms with E-state index in [4.69, 9.17) is 9.31 Å². The van der Waals surface area contributed by atoms with Crippen molar-refractivity contribution >= 4 is 25.0 Å². The van der Waals surface area contributed by atoms with E-state index in [9.17, 15) is 19.5 Å². The number of rotatable bonds is 4. The Bertz CT molecular complexity index is 819. The average molecular weight is 367 g/mol. The number of carbonyl (C=O) groups is 3. The van der Waals surface area contributed by atoms with E-state index in [1.165, 1.54) is 4.90 Å². The van der Waals surface area contributed by atoms with Gasteiger partial charge in [-0.1, -0.05) is 54.6 Å². The summed E-state index contributed by atoms with van der Waals surface area (Å²) >= 11 is 0. The zero-order valence-corrected chi connectivity index (χ0v) is 14.7. The molecule has 1 atom stereocenters. The molecule has 0 amide bonds. The number of carboxylic acids is 1. The number of likely N-dealkylation sites (N-methyl/N-ethyl adjacent to an activating group) is 1. The number of carbonyl (C=O) groups excluding carboxylic acids is 2. The lowest BCUT2D eigenvalue weighted by Crippen LogP contribution is -2.46. The second-order valence-corrected chi connectivity index (χ2v) is 6.32. The number of nitrogens with zero attached hydrogens (tertiary/aromatic N) is 1. The van der Waals surface area contributed by atoms with Crippen LogP contribution in [0.2, 0.25) is 0 Å². The summed E-state index contributed by atoms with van der Waals surface area (Å²) in [5.41, 5.74) is 2.28. The molecule has 2 aromatic rings. The molecule has 8 heteroatoms. The van der Waals surface area contributed by atoms with Crippen LogP contribution in [0.15, 0.2) is 54.6 Å². The van der Waals surface area contributed by atoms with E-state index in [0.717, 1.165) is 11.1 Å². The molecule has 1 aliphatic heterocycles. The maximum absolute atomic E-state index is 11.9. The highest BCUT2D eigenvalue weighted by molar-refractivity contribution is 6.55. The van der Waals surface area contributed by atoms with Gasteiger partial charge in [0.25, 0.3) is 0 Å². The standard InChI is InChI=1S/C19H18BNO6/c1-21-11-16(22)26-20(27-17(23)12-21)18(19(24)25)15-9-7-14(8-10-15)13-5-3-2-4-6-13/h2-10,18H,11-12H2,1H3,(H,24,25). The molecular formula is C19H18BNO6. The van der Waals surface area contributed by atoms with Gasteiger partial charge in [0.15, 0.2) is 0 Å². The van der Waals surface area contributed by atoms with Crippen molar-refractivity contribution in [1.82, 2.24) is 4.90 Å². The predicted octanol–water partition coefficient (Wildman–Crippen LogP) is 1.58. The highest BCUT2D eigenvalue weighted by Gasteiger charge is 2.45. The fourth-order valence-corrected chi connectivity index (χ4v) is 2.92. The zero-order valence-electron chi connectivity index (χ0n) is 14.7. The Morgan fingerprint density at radius 3 is 2.00 bits per heavy atom. The summed E-state index contributed by atoms with van der Waals surface area (Å²) in [6.45, 7) is -0.240. The second-order valence-electron chi connectivity index (χ2n) is 6.32. The van der Waals surface area contributed by atoms with Gasteiger partial charge < -0.3 is 14.4 Å². The fourth-order valence-electron chi connectivity index (χ4n) is 2.92. The molecular weight excluding hydrogens is 349 g/mol. The quantitative estimate of drug-likeness (QED) is 0.820. The number of aliphatic carboxylic acids is 1. The maximum atomic E-state index is 11.9. The number of hydrogen-bond donors (Lipinski definition) is 1. The Morgan fingerprint density at radius 1 is 0.963 bits per heavy atom. The molecule has 1 saturated heterocycles. The van der Waals surface area contributed by atoms with Gasteiger partial charge in [0.1, 0.15) is 5.82 Å². The van der Waals surface area contributed by atoms with E-state index in [0.29, 0.717) is 5.56 Å². The minimum atomic E-state index is -1.52. The van der Waals surface area contributed by atoms with Gasteiger partial charge in [-0.05, 0) is 23.7 Å². The fraction of sp³-hybridized carbons (Fsp3) is 0.211. The van der Waals surface area contributed by atoms with E-state index in [-0.39, 0.29) is 13.1 Å². The van der Waals surface area contributed by atoms with Crippen molar-refractivity contribution in [3.8, 4) is 11.1 Å². The largest absolute Gasteiger partial charge is 0.618 e. The van der Waals surface area contributed by atoms with Gasteiger partial charge in [-0.15, -0.1) is 0 Å². The van der Waals surface area contributed by atoms with Gasteiger partial charge in [0.2, 0.25) is 0 Å². The molecule has 0 aliphatic carbocycles. The SMILES string of the molecule is CN1CC(=O)OB(C(C(=O)O)c2ccc(-c3ccccc3)cc2)OC(=O)C1. The van der Waals surface area contributed by atoms with Gasteiger partial charge in [0.05, 0.1) is 13.1 Å². The van der Waals surface area contributed by atoms with Gasteiger partial charge >= 0.3 is 25.0 Å². The molecule has 1 fully saturated rings. The Labute approximate surface area is 156 Å². The van der Waals surface area contributed by atoms with Gasteiger partial charge in [0, 0.05) is 0 Å². The molecule has 0 radical (unpaired) electrons. The topological polar surface area (TPSA) is 93.1 Å². The van der Waals surface area contributed by atoms with Crippen molar-refractivity contribution in [3.63, 3.8) is 0 Å². The lowest BCUT2D eigenvalue weighted by molar-refractivity contribution is -0.146. The minimum absolute atomic E-state index is 0.120. The van der Waals surface area contributed by atoms with Crippen LogP contribution in [0.1, 0.15) is 11.4 Å². The summed E-state index contributed by atoms with van der Waals surface area (Å²) in [5.74, 6) is -3.86. The number of hydrogen-bond acceptors (Lipinski definition) is 6. The van der Waals surface area contributed by atoms with E-state index < -0.39 is 30.8 Å². The van der Waals surface area contributed by atoms with Crippen molar-refractivity contribution in [3.05, 3.63) is 60.2 Å². The first-order chi connectivity index (χ1) is 12.9. The molecule has 2 aromatic carbocycles. The van der Waals surface area contributed by atoms with Crippen LogP contribution in [0.25, 0.3) is 11.1 Å². The van der Waals surface area contributed by atoms with Gasteiger partial charge in [-0.25, -0.2) is 0 Å². The molecule has 0 saturated carbocycles. The molecule has 0 bridgehead atoms. The molecule has 138 valence electrons. The predicted molar refractivity (Wildman–Crippen MR) is 97.7 cm³/mol. The van der Waals surface area contributed by atoms with Crippen molar-refractivity contribution in [2.75, 3.05) is 20.1 Å². The lowest BCUT2D eigenvalue weighted by atomic mass is 9.67. The van der Waals surface area contributed by atoms with Crippen molar-refractivity contribution in [2.24, 2.45) is 0 Å². The smallest absolute Gasteiger partial charge is 0.497 e. The Kier molecular flexibility index (Phi) is 5.56. The van der Waals surface area contributed by atoms with E-state index in [1.807, 2.05) is 30.3 Å². The van der Waals surface area contributed by atoms with Crippen molar-refractivity contribution < 1.29 is 28.8 Å². The maximum Gasteiger partial charge on any atom is 0.618 e. The zero-order chi connectivity index (χ0) is 19.4. The van der Waals surface area contributed by atoms with Crippen LogP contribution in [0.5, 0.6) is 0 Å². The van der Waals surface area contributed by atoms with E-state index in [1.54, 1.807) is 31.3 Å². The molecule has 3 rings (SSSR count). The highest BCUT2D eigenvalue weighted by atomic mass is 16.6. The van der Waals surface area contributed by atoms with Crippen molar-refractivity contribution in [1.29, 1.82) is 0 Å². The number of carboxylic acid groups (broad SMARTS) is 1. The van der Waals surface area contributed by atoms with Gasteiger partial charge in [-0.3, -0.25) is 19.3 Å². The third-order valence-electron chi connectivity index (χ3n) is 4.21. The molecule has 1 unspecified atom stereocenters. The third-order valence-corrected chi connectivity index (χ3v) is 4.21. The van der Waals surface area contributed by atoms with Crippen LogP contribution in [-0.4, -0.2) is 55.2 Å². The van der Waals surface area contributed by atoms with Crippen LogP contribution >= 0.6 is 0 Å². The van der Waals surface area contributed by atoms with Crippen LogP contribution in [0.4, 0.5) is 0 Å². The first kappa shape index (κ1) is 18.7. The summed E-state index contributed by atoms with van der Waals surface area (Å²) < 4.78 is 10.2. The summed E-state index contributed by atoms with van der Waals surface area (Å²) in [4.78, 5) is 37.1. The third kappa shape index (κ3) is 4.54. The van der Waals surface area contributed by atoms with Crippen LogP contribution in [-0.2, 0) is 23.7 Å². The second kappa shape index (κ2) is 8.05. The Balaban J connectivity index is 1.87. The number of benzene rings is 2. The summed E-state index contributed by atoms with van der Waals surface area (Å²) in [6.07, 6.45) is 0. The highest BCUT2D eigenvalue weighted by Crippen LogP contribution is 2.26. The Hall–Kier alpha value is -3.13. The summed E-state index contributed by atoms with van der Waals surface area (Å²) in [5, 5.41) is 9.66. The molecule has 0 aromatic heterocycles. The normalized spacial score (nSPS) is 16.7. The van der Waals surface area contributed by atoms with Crippen LogP contribution < -0.4 is 0 Å². The van der Waals surface area contributed by atoms with Crippen molar-refractivity contribution in [2.45, 2.75) is 5.82 Å². The molecule has 7 nitrogen and oxygen atoms in total. The first-order valence-electron chi connectivity index (χ1n) is 8.40. The molecule has 1 aliphatic rings. The molecule has 1 heterocycles.